The zero-order valence-electron chi connectivity index (χ0n) is 2.81. The van der Waals surface area contributed by atoms with Gasteiger partial charge in [0.1, 0.15) is 0 Å². The summed E-state index contributed by atoms with van der Waals surface area (Å²) in [5.74, 6) is 0. The van der Waals surface area contributed by atoms with Gasteiger partial charge < -0.3 is 9.47 Å². The van der Waals surface area contributed by atoms with Crippen LogP contribution in [-0.4, -0.2) is 13.2 Å². The highest BCUT2D eigenvalue weighted by Gasteiger charge is 1.95. The van der Waals surface area contributed by atoms with Gasteiger partial charge in [-0.25, -0.2) is 0 Å². The van der Waals surface area contributed by atoms with Crippen LogP contribution in [0.2, 0.25) is 0 Å². The van der Waals surface area contributed by atoms with Crippen LogP contribution in [0.1, 0.15) is 0 Å². The Morgan fingerprint density at radius 2 is 1.80 bits per heavy atom. The van der Waals surface area contributed by atoms with Crippen molar-refractivity contribution in [3.8, 4) is 0 Å². The summed E-state index contributed by atoms with van der Waals surface area (Å²) in [5.41, 5.74) is 0. The minimum absolute atomic E-state index is 0.722. The molecule has 2 heteroatoms. The molecular weight excluding hydrogens is 68.0 g/mol. The van der Waals surface area contributed by atoms with Crippen molar-refractivity contribution in [2.24, 2.45) is 0 Å². The normalized spacial score (nSPS) is 24.0. The molecule has 0 atom stereocenters. The molecule has 0 aromatic carbocycles. The molecule has 1 fully saturated rings. The van der Waals surface area contributed by atoms with Crippen LogP contribution in [0.25, 0.3) is 0 Å². The Balaban J connectivity index is 2.08. The smallest absolute Gasteiger partial charge is 0.209 e. The number of hydrogen-bond acceptors (Lipinski definition) is 2. The van der Waals surface area contributed by atoms with Crippen molar-refractivity contribution in [1.29, 1.82) is 0 Å². The molecule has 0 saturated carbocycles. The largest absolute Gasteiger partial charge is 0.346 e. The molecule has 1 aliphatic heterocycles. The van der Waals surface area contributed by atoms with Gasteiger partial charge in [0, 0.05) is 0 Å². The van der Waals surface area contributed by atoms with Gasteiger partial charge in [-0.1, -0.05) is 0 Å². The minimum Gasteiger partial charge on any atom is -0.346 e. The van der Waals surface area contributed by atoms with Gasteiger partial charge in [0.05, 0.1) is 13.2 Å². The lowest BCUT2D eigenvalue weighted by Crippen LogP contribution is -1.79. The fourth-order valence-corrected chi connectivity index (χ4v) is 0.241. The fraction of sp³-hybridized carbons (Fsp3) is 0.667. The molecule has 0 spiro atoms. The quantitative estimate of drug-likeness (QED) is 0.406. The number of rotatable bonds is 0. The standard InChI is InChI=1S/C3H5O2/c1-2-5-3-4-1/h3H,1-2H2. The van der Waals surface area contributed by atoms with Crippen LogP contribution in [0.5, 0.6) is 0 Å². The van der Waals surface area contributed by atoms with Crippen LogP contribution in [0.15, 0.2) is 0 Å². The third-order valence-corrected chi connectivity index (χ3v) is 0.455. The Kier molecular flexibility index (Phi) is 0.862. The van der Waals surface area contributed by atoms with E-state index in [2.05, 4.69) is 9.47 Å². The Bertz CT molecular complexity index is 16.5. The highest BCUT2D eigenvalue weighted by Crippen LogP contribution is 1.92. The van der Waals surface area contributed by atoms with E-state index in [0.717, 1.165) is 13.2 Å². The Hall–Kier alpha value is -0.0800. The Morgan fingerprint density at radius 1 is 1.20 bits per heavy atom. The summed E-state index contributed by atoms with van der Waals surface area (Å²) in [4.78, 5) is 0. The van der Waals surface area contributed by atoms with Gasteiger partial charge in [0.15, 0.2) is 0 Å². The second kappa shape index (κ2) is 1.38. The molecule has 1 aliphatic rings. The summed E-state index contributed by atoms with van der Waals surface area (Å²) >= 11 is 0. The summed E-state index contributed by atoms with van der Waals surface area (Å²) in [5, 5.41) is 0. The minimum atomic E-state index is 0.722. The molecule has 2 nitrogen and oxygen atoms in total. The van der Waals surface area contributed by atoms with E-state index >= 15 is 0 Å². The molecule has 0 aromatic heterocycles. The van der Waals surface area contributed by atoms with Crippen LogP contribution >= 0.6 is 0 Å². The van der Waals surface area contributed by atoms with Crippen LogP contribution < -0.4 is 0 Å². The van der Waals surface area contributed by atoms with Crippen molar-refractivity contribution >= 4 is 0 Å². The second-order valence-electron chi connectivity index (χ2n) is 0.838. The lowest BCUT2D eigenvalue weighted by atomic mass is 10.8. The van der Waals surface area contributed by atoms with Gasteiger partial charge in [0.25, 0.3) is 0 Å². The van der Waals surface area contributed by atoms with E-state index in [1.165, 1.54) is 6.79 Å². The maximum Gasteiger partial charge on any atom is 0.209 e. The number of hydrogen-bond donors (Lipinski definition) is 0. The van der Waals surface area contributed by atoms with Gasteiger partial charge >= 0.3 is 0 Å². The summed E-state index contributed by atoms with van der Waals surface area (Å²) in [7, 11) is 0. The molecule has 0 bridgehead atoms. The SMILES string of the molecule is [CH]1OCCO1. The summed E-state index contributed by atoms with van der Waals surface area (Å²) in [6.07, 6.45) is 0. The molecule has 1 radical (unpaired) electrons. The second-order valence-corrected chi connectivity index (χ2v) is 0.838. The Labute approximate surface area is 30.7 Å². The molecule has 1 rings (SSSR count). The molecule has 0 N–H and O–H groups in total. The van der Waals surface area contributed by atoms with Crippen LogP contribution in [0.4, 0.5) is 0 Å². The summed E-state index contributed by atoms with van der Waals surface area (Å²) in [6.45, 7) is 2.81. The third kappa shape index (κ3) is 0.597. The van der Waals surface area contributed by atoms with E-state index in [4.69, 9.17) is 0 Å². The maximum absolute atomic E-state index is 4.60. The monoisotopic (exact) mass is 73.0 g/mol. The number of ether oxygens (including phenoxy) is 2. The van der Waals surface area contributed by atoms with Crippen LogP contribution in [-0.2, 0) is 9.47 Å². The molecule has 5 heavy (non-hydrogen) atoms. The highest BCUT2D eigenvalue weighted by molar-refractivity contribution is 4.39. The van der Waals surface area contributed by atoms with E-state index in [0.29, 0.717) is 0 Å². The summed E-state index contributed by atoms with van der Waals surface area (Å²) < 4.78 is 9.19. The van der Waals surface area contributed by atoms with Crippen molar-refractivity contribution in [1.82, 2.24) is 0 Å². The van der Waals surface area contributed by atoms with Gasteiger partial charge in [-0.3, -0.25) is 0 Å². The average molecular weight is 73.1 g/mol. The third-order valence-electron chi connectivity index (χ3n) is 0.455. The predicted octanol–water partition coefficient (Wildman–Crippen LogP) is 0.152. The van der Waals surface area contributed by atoms with Crippen LogP contribution in [0, 0.1) is 6.79 Å². The average Bonchev–Trinajstić information content (AvgIpc) is 1.76. The molecular formula is C3H5O2. The van der Waals surface area contributed by atoms with Gasteiger partial charge in [-0.05, 0) is 0 Å². The molecule has 29 valence electrons. The fourth-order valence-electron chi connectivity index (χ4n) is 0.241. The van der Waals surface area contributed by atoms with Crippen molar-refractivity contribution in [3.63, 3.8) is 0 Å². The highest BCUT2D eigenvalue weighted by atomic mass is 16.7. The zero-order valence-corrected chi connectivity index (χ0v) is 2.81. The first-order chi connectivity index (χ1) is 2.50. The maximum atomic E-state index is 4.60. The predicted molar refractivity (Wildman–Crippen MR) is 16.2 cm³/mol. The topological polar surface area (TPSA) is 18.5 Å². The van der Waals surface area contributed by atoms with Crippen LogP contribution in [0.3, 0.4) is 0 Å². The van der Waals surface area contributed by atoms with E-state index in [9.17, 15) is 0 Å². The first kappa shape index (κ1) is 3.12. The molecule has 1 saturated heterocycles. The molecule has 0 aromatic rings. The van der Waals surface area contributed by atoms with E-state index < -0.39 is 0 Å². The molecule has 0 aliphatic carbocycles. The van der Waals surface area contributed by atoms with Crippen molar-refractivity contribution in [3.05, 3.63) is 6.79 Å². The van der Waals surface area contributed by atoms with Crippen molar-refractivity contribution in [2.45, 2.75) is 0 Å². The summed E-state index contributed by atoms with van der Waals surface area (Å²) in [6, 6.07) is 0. The van der Waals surface area contributed by atoms with E-state index in [1.807, 2.05) is 0 Å². The van der Waals surface area contributed by atoms with Gasteiger partial charge in [0.2, 0.25) is 6.79 Å². The van der Waals surface area contributed by atoms with Crippen molar-refractivity contribution < 1.29 is 9.47 Å². The molecule has 0 unspecified atom stereocenters. The first-order valence-corrected chi connectivity index (χ1v) is 1.55. The van der Waals surface area contributed by atoms with E-state index in [-0.39, 0.29) is 0 Å². The first-order valence-electron chi connectivity index (χ1n) is 1.55. The Morgan fingerprint density at radius 3 is 2.00 bits per heavy atom. The zero-order chi connectivity index (χ0) is 3.54. The lowest BCUT2D eigenvalue weighted by Gasteiger charge is -1.73. The molecule has 0 amide bonds. The van der Waals surface area contributed by atoms with E-state index in [1.54, 1.807) is 0 Å². The van der Waals surface area contributed by atoms with Gasteiger partial charge in [-0.2, -0.15) is 0 Å². The molecule has 1 heterocycles. The van der Waals surface area contributed by atoms with Gasteiger partial charge in [-0.15, -0.1) is 0 Å². The van der Waals surface area contributed by atoms with Crippen molar-refractivity contribution in [2.75, 3.05) is 13.2 Å². The lowest BCUT2D eigenvalue weighted by molar-refractivity contribution is 0.159.